The molecule has 3 nitrogen and oxygen atoms in total. The van der Waals surface area contributed by atoms with Gasteiger partial charge in [-0.3, -0.25) is 0 Å². The molecule has 0 aliphatic rings. The number of aliphatic hydroxyl groups is 3. The normalized spacial score (nSPS) is 8.57. The molecule has 7 heavy (non-hydrogen) atoms. The van der Waals surface area contributed by atoms with Gasteiger partial charge in [0.2, 0.25) is 0 Å². The van der Waals surface area contributed by atoms with Crippen LogP contribution in [-0.2, 0) is 0 Å². The molecule has 4 heteroatoms. The summed E-state index contributed by atoms with van der Waals surface area (Å²) in [6, 6.07) is 0. The quantitative estimate of drug-likeness (QED) is 0.341. The first-order valence-corrected chi connectivity index (χ1v) is 1.71. The number of rotatable bonds is 2. The zero-order valence-electron chi connectivity index (χ0n) is 3.33. The van der Waals surface area contributed by atoms with Crippen LogP contribution in [0.4, 0.5) is 0 Å². The average Bonchev–Trinajstić information content (AvgIpc) is 1.65. The minimum atomic E-state index is -0.954. The molecule has 0 spiro atoms. The Labute approximate surface area is 54.1 Å². The van der Waals surface area contributed by atoms with Crippen molar-refractivity contribution >= 4 is 18.9 Å². The van der Waals surface area contributed by atoms with Gasteiger partial charge in [0, 0.05) is 0 Å². The maximum atomic E-state index is 8.17. The van der Waals surface area contributed by atoms with Crippen LogP contribution in [0.15, 0.2) is 0 Å². The topological polar surface area (TPSA) is 60.7 Å². The summed E-state index contributed by atoms with van der Waals surface area (Å²) < 4.78 is 0. The van der Waals surface area contributed by atoms with E-state index in [2.05, 4.69) is 0 Å². The molecule has 40 valence electrons. The predicted octanol–water partition coefficient (Wildman–Crippen LogP) is -2.32. The van der Waals surface area contributed by atoms with Gasteiger partial charge in [0.15, 0.2) is 0 Å². The summed E-state index contributed by atoms with van der Waals surface area (Å²) in [7, 11) is 0. The molecule has 0 aromatic rings. The fourth-order valence-electron chi connectivity index (χ4n) is 0.0577. The molecule has 0 amide bonds. The van der Waals surface area contributed by atoms with Crippen LogP contribution in [-0.4, -0.2) is 53.5 Å². The van der Waals surface area contributed by atoms with Crippen LogP contribution in [0.5, 0.6) is 0 Å². The van der Waals surface area contributed by atoms with Crippen molar-refractivity contribution in [2.24, 2.45) is 0 Å². The fraction of sp³-hybridized carbons (Fsp3) is 1.00. The van der Waals surface area contributed by atoms with E-state index < -0.39 is 6.10 Å². The van der Waals surface area contributed by atoms with E-state index in [1.54, 1.807) is 0 Å². The maximum absolute atomic E-state index is 8.17. The zero-order chi connectivity index (χ0) is 4.99. The van der Waals surface area contributed by atoms with E-state index >= 15 is 0 Å². The molecule has 3 N–H and O–H groups in total. The van der Waals surface area contributed by atoms with Gasteiger partial charge in [-0.25, -0.2) is 0 Å². The summed E-state index contributed by atoms with van der Waals surface area (Å²) >= 11 is 0. The van der Waals surface area contributed by atoms with Crippen molar-refractivity contribution in [3.05, 3.63) is 0 Å². The standard InChI is InChI=1S/C3H8O3.Li.H/c4-1-3(6)2-5;;/h3-6H,1-2H2;;. The van der Waals surface area contributed by atoms with Gasteiger partial charge in [-0.15, -0.1) is 0 Å². The third-order valence-corrected chi connectivity index (χ3v) is 0.421. The van der Waals surface area contributed by atoms with E-state index in [-0.39, 0.29) is 32.1 Å². The number of aliphatic hydroxyl groups excluding tert-OH is 3. The summed E-state index contributed by atoms with van der Waals surface area (Å²) in [4.78, 5) is 0. The van der Waals surface area contributed by atoms with Crippen LogP contribution in [0.25, 0.3) is 0 Å². The third kappa shape index (κ3) is 6.48. The second kappa shape index (κ2) is 6.48. The molecular weight excluding hydrogens is 91.0 g/mol. The van der Waals surface area contributed by atoms with E-state index in [9.17, 15) is 0 Å². The van der Waals surface area contributed by atoms with Crippen molar-refractivity contribution in [3.63, 3.8) is 0 Å². The van der Waals surface area contributed by atoms with Gasteiger partial charge >= 0.3 is 18.9 Å². The van der Waals surface area contributed by atoms with Gasteiger partial charge < -0.3 is 15.3 Å². The van der Waals surface area contributed by atoms with Crippen molar-refractivity contribution in [2.45, 2.75) is 6.10 Å². The van der Waals surface area contributed by atoms with E-state index in [0.29, 0.717) is 0 Å². The molecule has 0 atom stereocenters. The molecule has 0 radical (unpaired) electrons. The molecule has 0 saturated heterocycles. The van der Waals surface area contributed by atoms with E-state index in [0.717, 1.165) is 0 Å². The number of hydrogen-bond donors (Lipinski definition) is 3. The second-order valence-electron chi connectivity index (χ2n) is 1.02. The molecule has 0 aliphatic carbocycles. The Morgan fingerprint density at radius 2 is 1.43 bits per heavy atom. The molecule has 0 unspecified atom stereocenters. The predicted molar refractivity (Wildman–Crippen MR) is 27.3 cm³/mol. The van der Waals surface area contributed by atoms with Crippen LogP contribution < -0.4 is 0 Å². The van der Waals surface area contributed by atoms with Crippen molar-refractivity contribution in [2.75, 3.05) is 13.2 Å². The summed E-state index contributed by atoms with van der Waals surface area (Å²) in [5.74, 6) is 0. The molecule has 0 aromatic heterocycles. The van der Waals surface area contributed by atoms with E-state index in [4.69, 9.17) is 15.3 Å². The first-order chi connectivity index (χ1) is 2.81. The van der Waals surface area contributed by atoms with Crippen molar-refractivity contribution in [3.8, 4) is 0 Å². The Kier molecular flexibility index (Phi) is 9.68. The molecule has 0 aliphatic heterocycles. The zero-order valence-corrected chi connectivity index (χ0v) is 3.33. The van der Waals surface area contributed by atoms with Gasteiger partial charge in [0.05, 0.1) is 13.2 Å². The van der Waals surface area contributed by atoms with E-state index in [1.165, 1.54) is 0 Å². The number of hydrogen-bond acceptors (Lipinski definition) is 3. The Bertz CT molecular complexity index is 29.4. The molecule has 0 aromatic carbocycles. The minimum absolute atomic E-state index is 0. The Morgan fingerprint density at radius 3 is 1.43 bits per heavy atom. The van der Waals surface area contributed by atoms with Gasteiger partial charge in [-0.2, -0.15) is 0 Å². The van der Waals surface area contributed by atoms with Gasteiger partial charge in [-0.1, -0.05) is 0 Å². The van der Waals surface area contributed by atoms with Gasteiger partial charge in [0.25, 0.3) is 0 Å². The Morgan fingerprint density at radius 1 is 1.14 bits per heavy atom. The van der Waals surface area contributed by atoms with E-state index in [1.807, 2.05) is 0 Å². The monoisotopic (exact) mass is 100 g/mol. The fourth-order valence-corrected chi connectivity index (χ4v) is 0.0577. The SMILES string of the molecule is OCC(O)CO.[LiH]. The molecule has 0 saturated carbocycles. The van der Waals surface area contributed by atoms with Crippen LogP contribution >= 0.6 is 0 Å². The first-order valence-electron chi connectivity index (χ1n) is 1.71. The van der Waals surface area contributed by atoms with Crippen LogP contribution in [0.3, 0.4) is 0 Å². The molecule has 0 bridgehead atoms. The Balaban J connectivity index is 0. The van der Waals surface area contributed by atoms with Crippen LogP contribution in [0.1, 0.15) is 0 Å². The van der Waals surface area contributed by atoms with Crippen molar-refractivity contribution in [1.29, 1.82) is 0 Å². The van der Waals surface area contributed by atoms with Gasteiger partial charge in [-0.05, 0) is 0 Å². The summed E-state index contributed by atoms with van der Waals surface area (Å²) in [6.45, 7) is -0.729. The van der Waals surface area contributed by atoms with Crippen LogP contribution in [0, 0.1) is 0 Å². The van der Waals surface area contributed by atoms with Crippen LogP contribution in [0.2, 0.25) is 0 Å². The molecule has 0 heterocycles. The molecule has 0 rings (SSSR count). The summed E-state index contributed by atoms with van der Waals surface area (Å²) in [5, 5.41) is 24.0. The summed E-state index contributed by atoms with van der Waals surface area (Å²) in [6.07, 6.45) is -0.954. The Hall–Kier alpha value is 0.477. The average molecular weight is 100 g/mol. The van der Waals surface area contributed by atoms with Gasteiger partial charge in [0.1, 0.15) is 6.10 Å². The molecular formula is C3H9LiO3. The second-order valence-corrected chi connectivity index (χ2v) is 1.02. The molecule has 0 fully saturated rings. The third-order valence-electron chi connectivity index (χ3n) is 0.421. The summed E-state index contributed by atoms with van der Waals surface area (Å²) in [5.41, 5.74) is 0. The first kappa shape index (κ1) is 10.5. The van der Waals surface area contributed by atoms with Crippen molar-refractivity contribution < 1.29 is 15.3 Å². The van der Waals surface area contributed by atoms with Crippen molar-refractivity contribution in [1.82, 2.24) is 0 Å².